The maximum Gasteiger partial charge on any atom is 0.416 e. The van der Waals surface area contributed by atoms with Crippen molar-refractivity contribution < 1.29 is 21.9 Å². The van der Waals surface area contributed by atoms with Gasteiger partial charge in [0, 0.05) is 28.2 Å². The van der Waals surface area contributed by atoms with Crippen molar-refractivity contribution in [3.63, 3.8) is 0 Å². The van der Waals surface area contributed by atoms with Crippen molar-refractivity contribution in [3.05, 3.63) is 54.1 Å². The van der Waals surface area contributed by atoms with Crippen LogP contribution < -0.4 is 10.5 Å². The Bertz CT molecular complexity index is 910. The number of hydrogen-bond acceptors (Lipinski definition) is 6. The number of benzene rings is 2. The standard InChI is InChI=1S/C15H12F3N5.H3NO2S/c1-23-21-14(20-22-23)12-4-2-3-5-13(12)19-11-8-6-10(7-9-11)15(16,17)18;1-4(2)3/h2-9,19H,1H3;1H2,(H,2,3)/p-1. The van der Waals surface area contributed by atoms with Gasteiger partial charge in [-0.25, -0.2) is 0 Å². The molecular formula is C15H14F3N6O2S-. The van der Waals surface area contributed by atoms with E-state index in [0.29, 0.717) is 22.8 Å². The minimum atomic E-state index is -4.35. The molecule has 2 aromatic carbocycles. The van der Waals surface area contributed by atoms with Crippen LogP contribution in [0.15, 0.2) is 48.5 Å². The number of nitrogens with zero attached hydrogens (tertiary/aromatic N) is 4. The Labute approximate surface area is 154 Å². The van der Waals surface area contributed by atoms with Gasteiger partial charge in [-0.1, -0.05) is 12.1 Å². The van der Waals surface area contributed by atoms with Gasteiger partial charge in [-0.3, -0.25) is 9.35 Å². The van der Waals surface area contributed by atoms with Gasteiger partial charge in [0.1, 0.15) is 0 Å². The van der Waals surface area contributed by atoms with Gasteiger partial charge in [-0.2, -0.15) is 18.0 Å². The molecule has 0 radical (unpaired) electrons. The number of aromatic nitrogens is 4. The first kappa shape index (κ1) is 20.5. The molecule has 1 atom stereocenters. The van der Waals surface area contributed by atoms with E-state index >= 15 is 0 Å². The van der Waals surface area contributed by atoms with E-state index in [2.05, 4.69) is 25.9 Å². The van der Waals surface area contributed by atoms with E-state index in [1.807, 2.05) is 18.2 Å². The molecule has 27 heavy (non-hydrogen) atoms. The average molecular weight is 399 g/mol. The van der Waals surface area contributed by atoms with Crippen LogP contribution in [0.1, 0.15) is 5.56 Å². The summed E-state index contributed by atoms with van der Waals surface area (Å²) in [6.07, 6.45) is -4.35. The van der Waals surface area contributed by atoms with Gasteiger partial charge >= 0.3 is 6.18 Å². The monoisotopic (exact) mass is 399 g/mol. The maximum atomic E-state index is 12.6. The summed E-state index contributed by atoms with van der Waals surface area (Å²) in [7, 11) is 1.66. The molecule has 0 saturated carbocycles. The highest BCUT2D eigenvalue weighted by molar-refractivity contribution is 7.76. The van der Waals surface area contributed by atoms with Gasteiger partial charge in [0.25, 0.3) is 0 Å². The molecule has 144 valence electrons. The molecule has 1 unspecified atom stereocenters. The minimum Gasteiger partial charge on any atom is -0.760 e. The number of nitrogens with two attached hydrogens (primary N) is 1. The second kappa shape index (κ2) is 8.70. The lowest BCUT2D eigenvalue weighted by atomic mass is 10.1. The lowest BCUT2D eigenvalue weighted by Crippen LogP contribution is -2.04. The van der Waals surface area contributed by atoms with Crippen molar-refractivity contribution in [1.29, 1.82) is 0 Å². The topological polar surface area (TPSA) is 122 Å². The fourth-order valence-electron chi connectivity index (χ4n) is 2.08. The summed E-state index contributed by atoms with van der Waals surface area (Å²) in [5.41, 5.74) is 1.24. The summed E-state index contributed by atoms with van der Waals surface area (Å²) in [6.45, 7) is 0. The van der Waals surface area contributed by atoms with Gasteiger partial charge in [-0.05, 0) is 41.6 Å². The number of para-hydroxylation sites is 1. The van der Waals surface area contributed by atoms with Crippen LogP contribution in [-0.4, -0.2) is 29.0 Å². The molecule has 1 aromatic heterocycles. The molecule has 3 aromatic rings. The lowest BCUT2D eigenvalue weighted by Gasteiger charge is -2.11. The third-order valence-corrected chi connectivity index (χ3v) is 3.17. The van der Waals surface area contributed by atoms with Crippen LogP contribution in [-0.2, 0) is 24.5 Å². The van der Waals surface area contributed by atoms with Crippen LogP contribution in [0, 0.1) is 0 Å². The Morgan fingerprint density at radius 1 is 1.15 bits per heavy atom. The number of hydrogen-bond donors (Lipinski definition) is 2. The Hall–Kier alpha value is -2.83. The smallest absolute Gasteiger partial charge is 0.416 e. The second-order valence-electron chi connectivity index (χ2n) is 5.11. The van der Waals surface area contributed by atoms with Gasteiger partial charge in [-0.15, -0.1) is 10.2 Å². The summed E-state index contributed by atoms with van der Waals surface area (Å²) in [6, 6.07) is 12.1. The Balaban J connectivity index is 0.000000596. The molecule has 0 amide bonds. The first-order valence-electron chi connectivity index (χ1n) is 7.28. The Morgan fingerprint density at radius 2 is 1.74 bits per heavy atom. The van der Waals surface area contributed by atoms with E-state index in [1.54, 1.807) is 13.1 Å². The molecule has 0 aliphatic rings. The van der Waals surface area contributed by atoms with Crippen LogP contribution in [0.2, 0.25) is 0 Å². The zero-order valence-corrected chi connectivity index (χ0v) is 14.7. The number of alkyl halides is 3. The summed E-state index contributed by atoms with van der Waals surface area (Å²) in [5, 5.41) is 19.0. The normalized spacial score (nSPS) is 12.1. The first-order valence-corrected chi connectivity index (χ1v) is 8.42. The van der Waals surface area contributed by atoms with Crippen LogP contribution in [0.5, 0.6) is 0 Å². The summed E-state index contributed by atoms with van der Waals surface area (Å²) >= 11 is -2.36. The predicted octanol–water partition coefficient (Wildman–Crippen LogP) is 2.38. The van der Waals surface area contributed by atoms with E-state index in [1.165, 1.54) is 16.9 Å². The molecule has 0 aliphatic heterocycles. The highest BCUT2D eigenvalue weighted by atomic mass is 32.2. The number of halogens is 3. The highest BCUT2D eigenvalue weighted by Gasteiger charge is 2.29. The SMILES string of the molecule is Cn1nnc(-c2ccccc2Nc2ccc(C(F)(F)F)cc2)n1.NS(=O)[O-]. The molecule has 8 nitrogen and oxygen atoms in total. The van der Waals surface area contributed by atoms with Gasteiger partial charge < -0.3 is 9.87 Å². The second-order valence-corrected chi connectivity index (χ2v) is 5.63. The summed E-state index contributed by atoms with van der Waals surface area (Å²) in [4.78, 5) is 1.34. The number of nitrogens with one attached hydrogen (secondary N) is 1. The largest absolute Gasteiger partial charge is 0.760 e. The lowest BCUT2D eigenvalue weighted by molar-refractivity contribution is -0.137. The van der Waals surface area contributed by atoms with Crippen molar-refractivity contribution >= 4 is 22.6 Å². The van der Waals surface area contributed by atoms with Crippen molar-refractivity contribution in [2.45, 2.75) is 6.18 Å². The molecule has 0 fully saturated rings. The first-order chi connectivity index (χ1) is 12.7. The van der Waals surface area contributed by atoms with E-state index < -0.39 is 23.0 Å². The third kappa shape index (κ3) is 6.13. The Morgan fingerprint density at radius 3 is 2.26 bits per heavy atom. The van der Waals surface area contributed by atoms with Gasteiger partial charge in [0.15, 0.2) is 0 Å². The molecule has 0 bridgehead atoms. The Kier molecular flexibility index (Phi) is 6.60. The van der Waals surface area contributed by atoms with E-state index in [4.69, 9.17) is 8.76 Å². The molecule has 0 aliphatic carbocycles. The maximum absolute atomic E-state index is 12.6. The van der Waals surface area contributed by atoms with Crippen molar-refractivity contribution in [1.82, 2.24) is 20.2 Å². The van der Waals surface area contributed by atoms with Gasteiger partial charge in [0.2, 0.25) is 5.82 Å². The summed E-state index contributed by atoms with van der Waals surface area (Å²) < 4.78 is 55.3. The molecule has 12 heteroatoms. The number of rotatable bonds is 3. The van der Waals surface area contributed by atoms with E-state index in [-0.39, 0.29) is 0 Å². The highest BCUT2D eigenvalue weighted by Crippen LogP contribution is 2.31. The van der Waals surface area contributed by atoms with Crippen LogP contribution in [0.3, 0.4) is 0 Å². The third-order valence-electron chi connectivity index (χ3n) is 3.17. The number of aryl methyl sites for hydroxylation is 1. The van der Waals surface area contributed by atoms with Gasteiger partial charge in [0.05, 0.1) is 12.6 Å². The average Bonchev–Trinajstić information content (AvgIpc) is 3.01. The molecule has 1 heterocycles. The van der Waals surface area contributed by atoms with Crippen LogP contribution in [0.4, 0.5) is 24.5 Å². The molecular weight excluding hydrogens is 385 g/mol. The summed E-state index contributed by atoms with van der Waals surface area (Å²) in [5.74, 6) is 0.433. The van der Waals surface area contributed by atoms with Crippen LogP contribution >= 0.6 is 0 Å². The minimum absolute atomic E-state index is 0.433. The fraction of sp³-hybridized carbons (Fsp3) is 0.133. The van der Waals surface area contributed by atoms with E-state index in [0.717, 1.165) is 12.1 Å². The number of tetrazole rings is 1. The fourth-order valence-corrected chi connectivity index (χ4v) is 2.08. The molecule has 3 N–H and O–H groups in total. The van der Waals surface area contributed by atoms with Crippen molar-refractivity contribution in [2.75, 3.05) is 5.32 Å². The predicted molar refractivity (Wildman–Crippen MR) is 92.1 cm³/mol. The molecule has 3 rings (SSSR count). The van der Waals surface area contributed by atoms with Crippen molar-refractivity contribution in [2.24, 2.45) is 12.2 Å². The number of anilines is 2. The molecule has 0 spiro atoms. The van der Waals surface area contributed by atoms with E-state index in [9.17, 15) is 13.2 Å². The zero-order chi connectivity index (χ0) is 20.0. The quantitative estimate of drug-likeness (QED) is 0.652. The molecule has 0 saturated heterocycles. The zero-order valence-electron chi connectivity index (χ0n) is 13.8. The van der Waals surface area contributed by atoms with Crippen LogP contribution in [0.25, 0.3) is 11.4 Å². The van der Waals surface area contributed by atoms with Crippen molar-refractivity contribution in [3.8, 4) is 11.4 Å².